The van der Waals surface area contributed by atoms with Crippen molar-refractivity contribution < 1.29 is 0 Å². The van der Waals surface area contributed by atoms with Crippen molar-refractivity contribution in [2.75, 3.05) is 13.1 Å². The summed E-state index contributed by atoms with van der Waals surface area (Å²) < 4.78 is 0. The molecule has 1 saturated heterocycles. The predicted octanol–water partition coefficient (Wildman–Crippen LogP) is 2.71. The number of nitrogens with one attached hydrogen (secondary N) is 1. The number of hydrogen-bond acceptors (Lipinski definition) is 3. The second kappa shape index (κ2) is 4.59. The number of hydrogen-bond donors (Lipinski definition) is 1. The Morgan fingerprint density at radius 3 is 2.06 bits per heavy atom. The lowest BCUT2D eigenvalue weighted by molar-refractivity contribution is 0.253. The Labute approximate surface area is 122 Å². The largest absolute Gasteiger partial charge is 0.351 e. The first-order chi connectivity index (χ1) is 7.18. The van der Waals surface area contributed by atoms with Crippen LogP contribution in [0.2, 0.25) is 0 Å². The standard InChI is InChI=1S/C13H25N3.HI/c1-12(2,3)9-7-16-8-10(13(4,5)6)15-11(16)14-9;/h9-10H,7-8H2,1-6H3,(H,14,15);1H/t9-,10-;/m1./s1. The third-order valence-corrected chi connectivity index (χ3v) is 3.72. The lowest BCUT2D eigenvalue weighted by Gasteiger charge is -2.29. The molecular weight excluding hydrogens is 325 g/mol. The molecule has 2 aliphatic rings. The summed E-state index contributed by atoms with van der Waals surface area (Å²) in [4.78, 5) is 7.23. The lowest BCUT2D eigenvalue weighted by Crippen LogP contribution is -2.39. The molecule has 0 saturated carbocycles. The highest BCUT2D eigenvalue weighted by molar-refractivity contribution is 14.0. The van der Waals surface area contributed by atoms with Gasteiger partial charge in [-0.1, -0.05) is 41.5 Å². The van der Waals surface area contributed by atoms with E-state index in [4.69, 9.17) is 4.99 Å². The molecule has 0 bridgehead atoms. The topological polar surface area (TPSA) is 27.6 Å². The zero-order valence-electron chi connectivity index (χ0n) is 11.9. The first-order valence-electron chi connectivity index (χ1n) is 6.27. The summed E-state index contributed by atoms with van der Waals surface area (Å²) in [5, 5.41) is 3.57. The van der Waals surface area contributed by atoms with E-state index in [-0.39, 0.29) is 29.4 Å². The summed E-state index contributed by atoms with van der Waals surface area (Å²) >= 11 is 0. The van der Waals surface area contributed by atoms with Gasteiger partial charge in [-0.3, -0.25) is 0 Å². The number of nitrogens with zero attached hydrogens (tertiary/aromatic N) is 2. The van der Waals surface area contributed by atoms with E-state index in [0.717, 1.165) is 19.0 Å². The molecule has 2 aliphatic heterocycles. The fourth-order valence-electron chi connectivity index (χ4n) is 2.23. The molecule has 2 rings (SSSR count). The molecule has 3 nitrogen and oxygen atoms in total. The van der Waals surface area contributed by atoms with Gasteiger partial charge in [0.1, 0.15) is 0 Å². The molecule has 17 heavy (non-hydrogen) atoms. The van der Waals surface area contributed by atoms with E-state index in [0.29, 0.717) is 17.5 Å². The smallest absolute Gasteiger partial charge is 0.194 e. The zero-order chi connectivity index (χ0) is 12.1. The van der Waals surface area contributed by atoms with Crippen LogP contribution in [0.5, 0.6) is 0 Å². The third kappa shape index (κ3) is 3.06. The van der Waals surface area contributed by atoms with Crippen LogP contribution in [0, 0.1) is 10.8 Å². The molecule has 2 atom stereocenters. The van der Waals surface area contributed by atoms with Crippen LogP contribution >= 0.6 is 24.0 Å². The maximum atomic E-state index is 4.82. The molecule has 0 aliphatic carbocycles. The Kier molecular flexibility index (Phi) is 4.07. The fraction of sp³-hybridized carbons (Fsp3) is 0.923. The van der Waals surface area contributed by atoms with Gasteiger partial charge in [0.25, 0.3) is 0 Å². The van der Waals surface area contributed by atoms with Crippen LogP contribution in [0.15, 0.2) is 4.99 Å². The molecule has 0 aromatic rings. The Morgan fingerprint density at radius 2 is 1.65 bits per heavy atom. The molecule has 0 aromatic carbocycles. The van der Waals surface area contributed by atoms with Gasteiger partial charge in [0, 0.05) is 13.1 Å². The zero-order valence-corrected chi connectivity index (χ0v) is 14.2. The summed E-state index contributed by atoms with van der Waals surface area (Å²) in [5.41, 5.74) is 0.584. The fourth-order valence-corrected chi connectivity index (χ4v) is 2.23. The summed E-state index contributed by atoms with van der Waals surface area (Å²) in [7, 11) is 0. The van der Waals surface area contributed by atoms with Crippen LogP contribution in [-0.4, -0.2) is 36.0 Å². The minimum atomic E-state index is 0. The van der Waals surface area contributed by atoms with Gasteiger partial charge in [-0.15, -0.1) is 24.0 Å². The molecule has 0 spiro atoms. The second-order valence-corrected chi connectivity index (χ2v) is 7.30. The first-order valence-corrected chi connectivity index (χ1v) is 6.27. The molecule has 0 amide bonds. The van der Waals surface area contributed by atoms with Crippen molar-refractivity contribution in [1.29, 1.82) is 0 Å². The summed E-state index contributed by atoms with van der Waals surface area (Å²) in [5.74, 6) is 1.12. The Morgan fingerprint density at radius 1 is 1.06 bits per heavy atom. The molecule has 1 N–H and O–H groups in total. The Hall–Kier alpha value is 0. The maximum absolute atomic E-state index is 4.82. The molecule has 0 unspecified atom stereocenters. The minimum Gasteiger partial charge on any atom is -0.351 e. The van der Waals surface area contributed by atoms with Gasteiger partial charge in [0.05, 0.1) is 12.1 Å². The van der Waals surface area contributed by atoms with Crippen molar-refractivity contribution in [3.8, 4) is 0 Å². The quantitative estimate of drug-likeness (QED) is 0.680. The Balaban J connectivity index is 0.00000144. The number of aliphatic imine (C=N–C) groups is 1. The van der Waals surface area contributed by atoms with Gasteiger partial charge in [-0.05, 0) is 10.8 Å². The summed E-state index contributed by atoms with van der Waals surface area (Å²) in [6.07, 6.45) is 0. The van der Waals surface area contributed by atoms with E-state index in [1.54, 1.807) is 0 Å². The molecule has 1 fully saturated rings. The molecule has 0 aromatic heterocycles. The Bertz CT molecular complexity index is 312. The van der Waals surface area contributed by atoms with Crippen LogP contribution in [0.25, 0.3) is 0 Å². The first kappa shape index (κ1) is 15.1. The van der Waals surface area contributed by atoms with Gasteiger partial charge in [-0.25, -0.2) is 4.99 Å². The molecule has 0 radical (unpaired) electrons. The van der Waals surface area contributed by atoms with Crippen molar-refractivity contribution in [1.82, 2.24) is 10.2 Å². The van der Waals surface area contributed by atoms with Crippen molar-refractivity contribution in [2.45, 2.75) is 53.6 Å². The normalized spacial score (nSPS) is 28.4. The number of rotatable bonds is 0. The minimum absolute atomic E-state index is 0. The number of fused-ring (bicyclic) bond motifs is 1. The van der Waals surface area contributed by atoms with Gasteiger partial charge >= 0.3 is 0 Å². The van der Waals surface area contributed by atoms with Gasteiger partial charge < -0.3 is 10.2 Å². The van der Waals surface area contributed by atoms with Crippen molar-refractivity contribution >= 4 is 29.9 Å². The molecular formula is C13H26IN3. The maximum Gasteiger partial charge on any atom is 0.194 e. The van der Waals surface area contributed by atoms with Crippen LogP contribution in [0.1, 0.15) is 41.5 Å². The summed E-state index contributed by atoms with van der Waals surface area (Å²) in [6.45, 7) is 15.9. The van der Waals surface area contributed by atoms with E-state index in [2.05, 4.69) is 51.8 Å². The average Bonchev–Trinajstić information content (AvgIpc) is 2.53. The average molecular weight is 351 g/mol. The highest BCUT2D eigenvalue weighted by atomic mass is 127. The molecule has 100 valence electrons. The van der Waals surface area contributed by atoms with Gasteiger partial charge in [-0.2, -0.15) is 0 Å². The molecule has 2 heterocycles. The van der Waals surface area contributed by atoms with Crippen molar-refractivity contribution in [3.63, 3.8) is 0 Å². The van der Waals surface area contributed by atoms with Crippen LogP contribution < -0.4 is 5.32 Å². The lowest BCUT2D eigenvalue weighted by atomic mass is 9.86. The van der Waals surface area contributed by atoms with E-state index in [9.17, 15) is 0 Å². The van der Waals surface area contributed by atoms with E-state index in [1.165, 1.54) is 0 Å². The van der Waals surface area contributed by atoms with Crippen molar-refractivity contribution in [2.24, 2.45) is 15.8 Å². The number of guanidine groups is 1. The highest BCUT2D eigenvalue weighted by Gasteiger charge is 2.41. The molecule has 4 heteroatoms. The third-order valence-electron chi connectivity index (χ3n) is 3.72. The van der Waals surface area contributed by atoms with Gasteiger partial charge in [0.2, 0.25) is 0 Å². The second-order valence-electron chi connectivity index (χ2n) is 7.30. The SMILES string of the molecule is CC(C)(C)[C@H]1CN2C[C@H](C(C)(C)C)NC2=N1.I. The van der Waals surface area contributed by atoms with Crippen LogP contribution in [0.4, 0.5) is 0 Å². The van der Waals surface area contributed by atoms with Crippen molar-refractivity contribution in [3.05, 3.63) is 0 Å². The number of halogens is 1. The van der Waals surface area contributed by atoms with Gasteiger partial charge in [0.15, 0.2) is 5.96 Å². The monoisotopic (exact) mass is 351 g/mol. The van der Waals surface area contributed by atoms with E-state index >= 15 is 0 Å². The highest BCUT2D eigenvalue weighted by Crippen LogP contribution is 2.31. The predicted molar refractivity (Wildman–Crippen MR) is 84.0 cm³/mol. The van der Waals surface area contributed by atoms with E-state index in [1.807, 2.05) is 0 Å². The van der Waals surface area contributed by atoms with Crippen LogP contribution in [-0.2, 0) is 0 Å². The van der Waals surface area contributed by atoms with Crippen LogP contribution in [0.3, 0.4) is 0 Å². The summed E-state index contributed by atoms with van der Waals surface area (Å²) in [6, 6.07) is 0.975. The van der Waals surface area contributed by atoms with E-state index < -0.39 is 0 Å².